The minimum atomic E-state index is -0.870. The van der Waals surface area contributed by atoms with Crippen molar-refractivity contribution in [1.29, 1.82) is 0 Å². The van der Waals surface area contributed by atoms with Crippen LogP contribution in [0.2, 0.25) is 0 Å². The number of carboxylic acids is 1. The first kappa shape index (κ1) is 12.2. The summed E-state index contributed by atoms with van der Waals surface area (Å²) < 4.78 is 0. The topological polar surface area (TPSA) is 37.3 Å². The molecule has 0 saturated carbocycles. The van der Waals surface area contributed by atoms with Crippen molar-refractivity contribution in [3.8, 4) is 0 Å². The summed E-state index contributed by atoms with van der Waals surface area (Å²) in [5, 5.41) is 10.8. The molecule has 0 aromatic heterocycles. The highest BCUT2D eigenvalue weighted by Crippen LogP contribution is 2.20. The SMILES string of the molecule is CC.Cc1cc(C(=O)O)c2ccccc2c1. The molecule has 2 aromatic rings. The first-order valence-corrected chi connectivity index (χ1v) is 5.41. The van der Waals surface area contributed by atoms with Crippen LogP contribution in [0.15, 0.2) is 36.4 Å². The van der Waals surface area contributed by atoms with Crippen LogP contribution in [0.3, 0.4) is 0 Å². The van der Waals surface area contributed by atoms with Crippen LogP contribution < -0.4 is 0 Å². The zero-order valence-corrected chi connectivity index (χ0v) is 9.82. The summed E-state index contributed by atoms with van der Waals surface area (Å²) in [6.45, 7) is 5.90. The van der Waals surface area contributed by atoms with E-state index < -0.39 is 5.97 Å². The van der Waals surface area contributed by atoms with Crippen LogP contribution in [0.5, 0.6) is 0 Å². The number of benzene rings is 2. The van der Waals surface area contributed by atoms with Gasteiger partial charge in [-0.25, -0.2) is 4.79 Å². The number of aryl methyl sites for hydroxylation is 1. The summed E-state index contributed by atoms with van der Waals surface area (Å²) in [7, 11) is 0. The maximum Gasteiger partial charge on any atom is 0.336 e. The summed E-state index contributed by atoms with van der Waals surface area (Å²) in [5.74, 6) is -0.870. The normalized spacial score (nSPS) is 9.44. The number of hydrogen-bond acceptors (Lipinski definition) is 1. The van der Waals surface area contributed by atoms with Crippen LogP contribution in [0.25, 0.3) is 10.8 Å². The van der Waals surface area contributed by atoms with E-state index in [1.165, 1.54) is 0 Å². The van der Waals surface area contributed by atoms with E-state index >= 15 is 0 Å². The molecule has 0 heterocycles. The van der Waals surface area contributed by atoms with E-state index in [2.05, 4.69) is 0 Å². The molecule has 1 N–H and O–H groups in total. The number of rotatable bonds is 1. The van der Waals surface area contributed by atoms with Crippen LogP contribution in [-0.4, -0.2) is 11.1 Å². The van der Waals surface area contributed by atoms with Gasteiger partial charge in [0.2, 0.25) is 0 Å². The van der Waals surface area contributed by atoms with Gasteiger partial charge in [0.05, 0.1) is 5.56 Å². The van der Waals surface area contributed by atoms with E-state index in [1.807, 2.05) is 51.1 Å². The van der Waals surface area contributed by atoms with Crippen LogP contribution in [0.4, 0.5) is 0 Å². The Bertz CT molecular complexity index is 501. The number of fused-ring (bicyclic) bond motifs is 1. The molecule has 2 heteroatoms. The number of aromatic carboxylic acids is 1. The summed E-state index contributed by atoms with van der Waals surface area (Å²) in [4.78, 5) is 11.0. The Hall–Kier alpha value is -1.83. The Morgan fingerprint density at radius 2 is 1.75 bits per heavy atom. The van der Waals surface area contributed by atoms with Gasteiger partial charge >= 0.3 is 5.97 Å². The molecule has 0 amide bonds. The lowest BCUT2D eigenvalue weighted by Gasteiger charge is -2.03. The zero-order valence-electron chi connectivity index (χ0n) is 9.82. The van der Waals surface area contributed by atoms with Crippen LogP contribution in [0.1, 0.15) is 29.8 Å². The molecule has 84 valence electrons. The molecule has 2 rings (SSSR count). The summed E-state index contributed by atoms with van der Waals surface area (Å²) in [6.07, 6.45) is 0. The van der Waals surface area contributed by atoms with Gasteiger partial charge in [-0.1, -0.05) is 44.2 Å². The second-order valence-electron chi connectivity index (χ2n) is 3.34. The fourth-order valence-corrected chi connectivity index (χ4v) is 1.64. The number of hydrogen-bond donors (Lipinski definition) is 1. The molecule has 0 unspecified atom stereocenters. The van der Waals surface area contributed by atoms with E-state index in [9.17, 15) is 4.79 Å². The number of carbonyl (C=O) groups is 1. The molecule has 0 bridgehead atoms. The molecule has 0 aliphatic heterocycles. The molecule has 0 aliphatic carbocycles. The van der Waals surface area contributed by atoms with E-state index in [-0.39, 0.29) is 0 Å². The molecule has 0 saturated heterocycles. The third-order valence-corrected chi connectivity index (χ3v) is 2.24. The van der Waals surface area contributed by atoms with Crippen molar-refractivity contribution < 1.29 is 9.90 Å². The van der Waals surface area contributed by atoms with Crippen molar-refractivity contribution in [2.75, 3.05) is 0 Å². The third kappa shape index (κ3) is 2.40. The Balaban J connectivity index is 0.000000606. The molecule has 16 heavy (non-hydrogen) atoms. The van der Waals surface area contributed by atoms with Gasteiger partial charge in [-0.15, -0.1) is 0 Å². The Labute approximate surface area is 95.5 Å². The average Bonchev–Trinajstić information content (AvgIpc) is 2.30. The first-order valence-electron chi connectivity index (χ1n) is 5.41. The third-order valence-electron chi connectivity index (χ3n) is 2.24. The lowest BCUT2D eigenvalue weighted by atomic mass is 10.0. The smallest absolute Gasteiger partial charge is 0.336 e. The summed E-state index contributed by atoms with van der Waals surface area (Å²) >= 11 is 0. The van der Waals surface area contributed by atoms with E-state index in [4.69, 9.17) is 5.11 Å². The Morgan fingerprint density at radius 1 is 1.12 bits per heavy atom. The second kappa shape index (κ2) is 5.31. The van der Waals surface area contributed by atoms with Gasteiger partial charge in [0.25, 0.3) is 0 Å². The monoisotopic (exact) mass is 216 g/mol. The molecule has 0 spiro atoms. The van der Waals surface area contributed by atoms with Gasteiger partial charge in [0, 0.05) is 0 Å². The van der Waals surface area contributed by atoms with Crippen molar-refractivity contribution >= 4 is 16.7 Å². The highest BCUT2D eigenvalue weighted by atomic mass is 16.4. The lowest BCUT2D eigenvalue weighted by molar-refractivity contribution is 0.0699. The second-order valence-corrected chi connectivity index (χ2v) is 3.34. The van der Waals surface area contributed by atoms with Crippen molar-refractivity contribution in [2.45, 2.75) is 20.8 Å². The summed E-state index contributed by atoms with van der Waals surface area (Å²) in [6, 6.07) is 11.2. The molecule has 0 aliphatic rings. The van der Waals surface area contributed by atoms with Gasteiger partial charge in [-0.2, -0.15) is 0 Å². The quantitative estimate of drug-likeness (QED) is 0.785. The van der Waals surface area contributed by atoms with Gasteiger partial charge in [0.15, 0.2) is 0 Å². The zero-order chi connectivity index (χ0) is 12.1. The lowest BCUT2D eigenvalue weighted by Crippen LogP contribution is -1.97. The maximum absolute atomic E-state index is 11.0. The minimum absolute atomic E-state index is 0.376. The van der Waals surface area contributed by atoms with Gasteiger partial charge in [-0.3, -0.25) is 0 Å². The number of carboxylic acid groups (broad SMARTS) is 1. The fourth-order valence-electron chi connectivity index (χ4n) is 1.64. The Kier molecular flexibility index (Phi) is 4.06. The van der Waals surface area contributed by atoms with Crippen LogP contribution >= 0.6 is 0 Å². The van der Waals surface area contributed by atoms with E-state index in [0.29, 0.717) is 5.56 Å². The molecular formula is C14H16O2. The van der Waals surface area contributed by atoms with Crippen molar-refractivity contribution in [3.63, 3.8) is 0 Å². The van der Waals surface area contributed by atoms with Gasteiger partial charge < -0.3 is 5.11 Å². The molecule has 0 fully saturated rings. The van der Waals surface area contributed by atoms with E-state index in [0.717, 1.165) is 16.3 Å². The average molecular weight is 216 g/mol. The predicted octanol–water partition coefficient (Wildman–Crippen LogP) is 3.87. The molecule has 2 aromatic carbocycles. The Morgan fingerprint density at radius 3 is 2.38 bits per heavy atom. The fraction of sp³-hybridized carbons (Fsp3) is 0.214. The van der Waals surface area contributed by atoms with Crippen molar-refractivity contribution in [2.24, 2.45) is 0 Å². The van der Waals surface area contributed by atoms with Crippen LogP contribution in [-0.2, 0) is 0 Å². The van der Waals surface area contributed by atoms with Gasteiger partial charge in [-0.05, 0) is 29.3 Å². The van der Waals surface area contributed by atoms with Crippen LogP contribution in [0, 0.1) is 6.92 Å². The van der Waals surface area contributed by atoms with Crippen molar-refractivity contribution in [1.82, 2.24) is 0 Å². The van der Waals surface area contributed by atoms with E-state index in [1.54, 1.807) is 6.07 Å². The summed E-state index contributed by atoms with van der Waals surface area (Å²) in [5.41, 5.74) is 1.35. The minimum Gasteiger partial charge on any atom is -0.478 e. The first-order chi connectivity index (χ1) is 7.68. The maximum atomic E-state index is 11.0. The van der Waals surface area contributed by atoms with Crippen molar-refractivity contribution in [3.05, 3.63) is 47.5 Å². The largest absolute Gasteiger partial charge is 0.478 e. The molecule has 0 atom stereocenters. The highest BCUT2D eigenvalue weighted by molar-refractivity contribution is 6.03. The molecular weight excluding hydrogens is 200 g/mol. The predicted molar refractivity (Wildman–Crippen MR) is 67.0 cm³/mol. The molecule has 0 radical (unpaired) electrons. The highest BCUT2D eigenvalue weighted by Gasteiger charge is 2.07. The van der Waals surface area contributed by atoms with Gasteiger partial charge in [0.1, 0.15) is 0 Å². The standard InChI is InChI=1S/C12H10O2.C2H6/c1-8-6-9-4-2-3-5-10(9)11(7-8)12(13)14;1-2/h2-7H,1H3,(H,13,14);1-2H3. The molecule has 2 nitrogen and oxygen atoms in total.